The van der Waals surface area contributed by atoms with Crippen LogP contribution in [0.1, 0.15) is 38.2 Å². The fourth-order valence-electron chi connectivity index (χ4n) is 4.18. The molecule has 2 aliphatic heterocycles. The molecule has 5 nitrogen and oxygen atoms in total. The van der Waals surface area contributed by atoms with E-state index in [1.807, 2.05) is 21.9 Å². The van der Waals surface area contributed by atoms with E-state index in [4.69, 9.17) is 4.74 Å². The van der Waals surface area contributed by atoms with Crippen LogP contribution in [0.3, 0.4) is 0 Å². The number of piperidine rings is 2. The number of rotatable bonds is 4. The summed E-state index contributed by atoms with van der Waals surface area (Å²) in [6, 6.07) is 8.29. The van der Waals surface area contributed by atoms with Gasteiger partial charge in [0, 0.05) is 33.1 Å². The fraction of sp³-hybridized carbons (Fsp3) is 0.619. The molecule has 1 atom stereocenters. The van der Waals surface area contributed by atoms with E-state index >= 15 is 0 Å². The Morgan fingerprint density at radius 3 is 2.35 bits per heavy atom. The summed E-state index contributed by atoms with van der Waals surface area (Å²) in [6.07, 6.45) is 5.02. The number of benzene rings is 1. The number of nitrogens with zero attached hydrogens (tertiary/aromatic N) is 2. The van der Waals surface area contributed by atoms with E-state index in [1.54, 1.807) is 14.0 Å². The Labute approximate surface area is 156 Å². The number of carbonyl (C=O) groups excluding carboxylic acids is 2. The predicted molar refractivity (Wildman–Crippen MR) is 101 cm³/mol. The molecule has 0 aromatic heterocycles. The molecule has 0 N–H and O–H groups in total. The van der Waals surface area contributed by atoms with Crippen molar-refractivity contribution in [2.45, 2.75) is 39.0 Å². The van der Waals surface area contributed by atoms with Crippen LogP contribution in [0.15, 0.2) is 24.3 Å². The number of likely N-dealkylation sites (tertiary alicyclic amines) is 2. The third kappa shape index (κ3) is 4.57. The zero-order valence-corrected chi connectivity index (χ0v) is 15.9. The third-order valence-electron chi connectivity index (χ3n) is 5.83. The lowest BCUT2D eigenvalue weighted by Gasteiger charge is -2.37. The number of hydrogen-bond donors (Lipinski definition) is 0. The quantitative estimate of drug-likeness (QED) is 0.832. The lowest BCUT2D eigenvalue weighted by atomic mass is 9.89. The first-order chi connectivity index (χ1) is 12.6. The SMILES string of the molecule is COc1ccc(CC2CCN(C(=O)C3CCCN(C(C)=O)C3)CC2)cc1. The molecule has 0 radical (unpaired) electrons. The fourth-order valence-corrected chi connectivity index (χ4v) is 4.18. The van der Waals surface area contributed by atoms with Crippen LogP contribution in [0.2, 0.25) is 0 Å². The van der Waals surface area contributed by atoms with Gasteiger partial charge in [0.05, 0.1) is 13.0 Å². The Balaban J connectivity index is 1.48. The van der Waals surface area contributed by atoms with Crippen LogP contribution in [0, 0.1) is 11.8 Å². The molecular weight excluding hydrogens is 328 g/mol. The first kappa shape index (κ1) is 18.7. The smallest absolute Gasteiger partial charge is 0.227 e. The molecule has 0 bridgehead atoms. The molecule has 1 aromatic carbocycles. The molecule has 0 spiro atoms. The standard InChI is InChI=1S/C21H30N2O3/c1-16(24)23-11-3-4-19(15-23)21(25)22-12-9-18(10-13-22)14-17-5-7-20(26-2)8-6-17/h5-8,18-19H,3-4,9-15H2,1-2H3. The van der Waals surface area contributed by atoms with Crippen LogP contribution < -0.4 is 4.74 Å². The molecule has 3 rings (SSSR count). The summed E-state index contributed by atoms with van der Waals surface area (Å²) in [6.45, 7) is 4.67. The molecule has 2 aliphatic rings. The van der Waals surface area contributed by atoms with Crippen molar-refractivity contribution in [3.8, 4) is 5.75 Å². The summed E-state index contributed by atoms with van der Waals surface area (Å²) in [5.74, 6) is 1.85. The molecule has 142 valence electrons. The summed E-state index contributed by atoms with van der Waals surface area (Å²) in [5.41, 5.74) is 1.33. The zero-order chi connectivity index (χ0) is 18.5. The minimum absolute atomic E-state index is 0.00853. The molecule has 26 heavy (non-hydrogen) atoms. The van der Waals surface area contributed by atoms with Crippen molar-refractivity contribution in [3.05, 3.63) is 29.8 Å². The van der Waals surface area contributed by atoms with E-state index in [0.717, 1.165) is 57.5 Å². The van der Waals surface area contributed by atoms with Crippen molar-refractivity contribution >= 4 is 11.8 Å². The maximum atomic E-state index is 12.8. The molecule has 2 amide bonds. The average Bonchev–Trinajstić information content (AvgIpc) is 2.68. The van der Waals surface area contributed by atoms with Gasteiger partial charge in [-0.15, -0.1) is 0 Å². The number of hydrogen-bond acceptors (Lipinski definition) is 3. The summed E-state index contributed by atoms with van der Waals surface area (Å²) in [5, 5.41) is 0. The van der Waals surface area contributed by atoms with Gasteiger partial charge in [0.25, 0.3) is 0 Å². The molecule has 1 unspecified atom stereocenters. The maximum absolute atomic E-state index is 12.8. The van der Waals surface area contributed by atoms with Gasteiger partial charge in [0.2, 0.25) is 11.8 Å². The van der Waals surface area contributed by atoms with Gasteiger partial charge in [0.1, 0.15) is 5.75 Å². The van der Waals surface area contributed by atoms with Gasteiger partial charge in [-0.3, -0.25) is 9.59 Å². The normalized spacial score (nSPS) is 21.5. The van der Waals surface area contributed by atoms with E-state index in [9.17, 15) is 9.59 Å². The first-order valence-electron chi connectivity index (χ1n) is 9.74. The lowest BCUT2D eigenvalue weighted by molar-refractivity contribution is -0.141. The van der Waals surface area contributed by atoms with Gasteiger partial charge in [-0.05, 0) is 55.7 Å². The van der Waals surface area contributed by atoms with Gasteiger partial charge < -0.3 is 14.5 Å². The number of methoxy groups -OCH3 is 1. The number of amides is 2. The van der Waals surface area contributed by atoms with Gasteiger partial charge in [-0.2, -0.15) is 0 Å². The van der Waals surface area contributed by atoms with E-state index < -0.39 is 0 Å². The number of carbonyl (C=O) groups is 2. The third-order valence-corrected chi connectivity index (χ3v) is 5.83. The van der Waals surface area contributed by atoms with Crippen molar-refractivity contribution in [3.63, 3.8) is 0 Å². The molecule has 5 heteroatoms. The molecule has 2 saturated heterocycles. The largest absolute Gasteiger partial charge is 0.497 e. The lowest BCUT2D eigenvalue weighted by Crippen LogP contribution is -2.48. The molecule has 0 saturated carbocycles. The molecule has 0 aliphatic carbocycles. The summed E-state index contributed by atoms with van der Waals surface area (Å²) >= 11 is 0. The predicted octanol–water partition coefficient (Wildman–Crippen LogP) is 2.73. The van der Waals surface area contributed by atoms with E-state index in [1.165, 1.54) is 5.56 Å². The highest BCUT2D eigenvalue weighted by Crippen LogP contribution is 2.26. The molecule has 1 aromatic rings. The highest BCUT2D eigenvalue weighted by Gasteiger charge is 2.32. The van der Waals surface area contributed by atoms with Crippen LogP contribution in [-0.2, 0) is 16.0 Å². The van der Waals surface area contributed by atoms with Gasteiger partial charge in [-0.25, -0.2) is 0 Å². The second-order valence-electron chi connectivity index (χ2n) is 7.63. The van der Waals surface area contributed by atoms with Crippen molar-refractivity contribution in [2.24, 2.45) is 11.8 Å². The minimum Gasteiger partial charge on any atom is -0.497 e. The minimum atomic E-state index is -0.00853. The van der Waals surface area contributed by atoms with Crippen molar-refractivity contribution < 1.29 is 14.3 Å². The molecular formula is C21H30N2O3. The highest BCUT2D eigenvalue weighted by atomic mass is 16.5. The summed E-state index contributed by atoms with van der Waals surface area (Å²) in [7, 11) is 1.68. The van der Waals surface area contributed by atoms with E-state index in [0.29, 0.717) is 12.5 Å². The van der Waals surface area contributed by atoms with E-state index in [-0.39, 0.29) is 17.7 Å². The Kier molecular flexibility index (Phi) is 6.17. The molecule has 2 heterocycles. The molecule has 2 fully saturated rings. The topological polar surface area (TPSA) is 49.9 Å². The van der Waals surface area contributed by atoms with Crippen LogP contribution in [0.4, 0.5) is 0 Å². The first-order valence-corrected chi connectivity index (χ1v) is 9.74. The second kappa shape index (κ2) is 8.56. The Morgan fingerprint density at radius 2 is 1.73 bits per heavy atom. The Hall–Kier alpha value is -2.04. The van der Waals surface area contributed by atoms with Crippen LogP contribution >= 0.6 is 0 Å². The van der Waals surface area contributed by atoms with Crippen molar-refractivity contribution in [1.82, 2.24) is 9.80 Å². The highest BCUT2D eigenvalue weighted by molar-refractivity contribution is 5.81. The van der Waals surface area contributed by atoms with Gasteiger partial charge >= 0.3 is 0 Å². The average molecular weight is 358 g/mol. The number of ether oxygens (including phenoxy) is 1. The van der Waals surface area contributed by atoms with Crippen LogP contribution in [0.5, 0.6) is 5.75 Å². The van der Waals surface area contributed by atoms with Gasteiger partial charge in [-0.1, -0.05) is 12.1 Å². The van der Waals surface area contributed by atoms with Gasteiger partial charge in [0.15, 0.2) is 0 Å². The second-order valence-corrected chi connectivity index (χ2v) is 7.63. The van der Waals surface area contributed by atoms with Crippen molar-refractivity contribution in [2.75, 3.05) is 33.3 Å². The van der Waals surface area contributed by atoms with Crippen LogP contribution in [-0.4, -0.2) is 54.9 Å². The van der Waals surface area contributed by atoms with E-state index in [2.05, 4.69) is 12.1 Å². The zero-order valence-electron chi connectivity index (χ0n) is 15.9. The van der Waals surface area contributed by atoms with Crippen molar-refractivity contribution in [1.29, 1.82) is 0 Å². The maximum Gasteiger partial charge on any atom is 0.227 e. The van der Waals surface area contributed by atoms with Crippen LogP contribution in [0.25, 0.3) is 0 Å². The summed E-state index contributed by atoms with van der Waals surface area (Å²) < 4.78 is 5.21. The Bertz CT molecular complexity index is 621. The Morgan fingerprint density at radius 1 is 1.04 bits per heavy atom. The summed E-state index contributed by atoms with van der Waals surface area (Å²) in [4.78, 5) is 28.3. The monoisotopic (exact) mass is 358 g/mol.